The quantitative estimate of drug-likeness (QED) is 0.0211. The van der Waals surface area contributed by atoms with Crippen molar-refractivity contribution in [2.45, 2.75) is 302 Å². The lowest BCUT2D eigenvalue weighted by Crippen LogP contribution is -2.37. The van der Waals surface area contributed by atoms with Gasteiger partial charge in [-0.05, 0) is 167 Å². The zero-order valence-electron chi connectivity index (χ0n) is 67.8. The minimum absolute atomic E-state index is 0.0178. The number of likely N-dealkylation sites (N-methyl/N-ethyl adjacent to an activating group) is 1. The van der Waals surface area contributed by atoms with Crippen LogP contribution in [0.15, 0.2) is 243 Å². The van der Waals surface area contributed by atoms with Crippen LogP contribution in [0.2, 0.25) is 0 Å². The first-order valence-corrected chi connectivity index (χ1v) is 43.3. The summed E-state index contributed by atoms with van der Waals surface area (Å²) in [6, 6.07) is 0. The van der Waals surface area contributed by atoms with Gasteiger partial charge in [-0.25, -0.2) is 4.57 Å². The van der Waals surface area contributed by atoms with Crippen LogP contribution in [0.4, 0.5) is 0 Å². The number of esters is 2. The Hall–Kier alpha value is -6.19. The lowest BCUT2D eigenvalue weighted by molar-refractivity contribution is -0.870. The minimum Gasteiger partial charge on any atom is -0.462 e. The van der Waals surface area contributed by atoms with Crippen molar-refractivity contribution in [3.63, 3.8) is 0 Å². The molecule has 0 saturated carbocycles. The summed E-state index contributed by atoms with van der Waals surface area (Å²) >= 11 is 0. The van der Waals surface area contributed by atoms with Crippen LogP contribution < -0.4 is 0 Å². The Morgan fingerprint density at radius 2 is 0.509 bits per heavy atom. The smallest absolute Gasteiger partial charge is 0.462 e. The van der Waals surface area contributed by atoms with Crippen LogP contribution in [0.25, 0.3) is 0 Å². The highest BCUT2D eigenvalue weighted by Crippen LogP contribution is 2.43. The summed E-state index contributed by atoms with van der Waals surface area (Å²) in [5.74, 6) is -0.823. The van der Waals surface area contributed by atoms with Crippen molar-refractivity contribution in [2.75, 3.05) is 47.5 Å². The molecule has 0 bridgehead atoms. The maximum Gasteiger partial charge on any atom is 0.472 e. The van der Waals surface area contributed by atoms with Gasteiger partial charge in [-0.2, -0.15) is 0 Å². The second kappa shape index (κ2) is 82.9. The second-order valence-electron chi connectivity index (χ2n) is 28.0. The molecule has 0 aliphatic carbocycles. The summed E-state index contributed by atoms with van der Waals surface area (Å²) in [6.45, 7) is 4.17. The first kappa shape index (κ1) is 99.8. The molecule has 0 heterocycles. The van der Waals surface area contributed by atoms with Gasteiger partial charge in [-0.3, -0.25) is 18.6 Å². The number of quaternary nitrogens is 1. The standard InChI is InChI=1S/C96H152NO8P/c1-6-8-10-12-14-16-18-20-22-24-26-28-30-32-34-36-38-40-42-44-46-48-50-52-54-56-58-60-62-64-66-68-70-72-74-76-78-80-82-84-86-88-95(98)102-92-94(93-104-106(100,101)103-91-90-97(3,4)5)105-96(99)89-87-85-83-81-79-77-75-73-71-69-67-65-63-61-59-57-55-53-51-49-47-45-43-41-39-37-35-33-31-29-27-25-23-21-19-17-15-13-11-9-7-2/h8-11,14-17,20-23,26-29,32-35,38-41,44-47,50-53,56-59,63,65,69,71,94H,6-7,12-13,18-19,24-25,30-31,36-37,42-43,48-49,54-55,60-62,64,66-68,70,72-93H2,1-5H3/p+1/b10-8-,11-9-,16-14-,17-15-,22-20-,23-21-,28-26-,29-27-,34-32-,35-33-,40-38-,41-39-,46-44-,47-45-,52-50-,53-51-,58-56-,59-57-,65-63-,71-69-. The lowest BCUT2D eigenvalue weighted by atomic mass is 10.0. The molecule has 1 N–H and O–H groups in total. The van der Waals surface area contributed by atoms with Gasteiger partial charge in [0.15, 0.2) is 6.10 Å². The normalized spacial score (nSPS) is 14.3. The molecule has 2 atom stereocenters. The molecule has 0 aromatic heterocycles. The number of carbonyl (C=O) groups is 2. The maximum atomic E-state index is 12.9. The monoisotopic (exact) mass is 1480 g/mol. The highest BCUT2D eigenvalue weighted by atomic mass is 31.2. The fourth-order valence-corrected chi connectivity index (χ4v) is 11.3. The number of nitrogens with zero attached hydrogens (tertiary/aromatic N) is 1. The van der Waals surface area contributed by atoms with E-state index in [-0.39, 0.29) is 32.0 Å². The number of phosphoric ester groups is 1. The minimum atomic E-state index is -4.42. The largest absolute Gasteiger partial charge is 0.472 e. The molecule has 106 heavy (non-hydrogen) atoms. The average molecular weight is 1480 g/mol. The van der Waals surface area contributed by atoms with Gasteiger partial charge in [0, 0.05) is 12.8 Å². The van der Waals surface area contributed by atoms with Gasteiger partial charge in [0.2, 0.25) is 0 Å². The zero-order chi connectivity index (χ0) is 76.8. The lowest BCUT2D eigenvalue weighted by Gasteiger charge is -2.24. The summed E-state index contributed by atoms with van der Waals surface area (Å²) in [5.41, 5.74) is 0. The molecule has 0 aliphatic rings. The van der Waals surface area contributed by atoms with E-state index in [4.69, 9.17) is 18.5 Å². The van der Waals surface area contributed by atoms with Crippen molar-refractivity contribution in [3.05, 3.63) is 243 Å². The van der Waals surface area contributed by atoms with Crippen molar-refractivity contribution in [3.8, 4) is 0 Å². The molecule has 594 valence electrons. The highest BCUT2D eigenvalue weighted by Gasteiger charge is 2.27. The van der Waals surface area contributed by atoms with Gasteiger partial charge in [-0.15, -0.1) is 0 Å². The molecule has 0 rings (SSSR count). The van der Waals surface area contributed by atoms with Gasteiger partial charge in [0.25, 0.3) is 0 Å². The van der Waals surface area contributed by atoms with E-state index in [1.165, 1.54) is 77.0 Å². The number of phosphoric acid groups is 1. The number of hydrogen-bond acceptors (Lipinski definition) is 7. The molecule has 0 amide bonds. The van der Waals surface area contributed by atoms with E-state index in [0.717, 1.165) is 186 Å². The number of hydrogen-bond donors (Lipinski definition) is 1. The predicted octanol–water partition coefficient (Wildman–Crippen LogP) is 28.6. The van der Waals surface area contributed by atoms with Crippen molar-refractivity contribution in [1.82, 2.24) is 0 Å². The Morgan fingerprint density at radius 1 is 0.292 bits per heavy atom. The molecular formula is C96H153NO8P+. The fraction of sp³-hybridized carbons (Fsp3) is 0.562. The van der Waals surface area contributed by atoms with E-state index < -0.39 is 26.5 Å². The molecule has 0 radical (unpaired) electrons. The van der Waals surface area contributed by atoms with E-state index in [0.29, 0.717) is 17.4 Å². The molecule has 9 nitrogen and oxygen atoms in total. The Balaban J connectivity index is 4.09. The SMILES string of the molecule is CC/C=C\C/C=C\C/C=C\C/C=C\C/C=C\C/C=C\C/C=C\C/C=C\C/C=C\C/C=C\C/C=C\CCCCCCCCCC(=O)OC(COC(=O)CCCCCCCCCCCCCCC/C=C\C/C=C\C/C=C\C/C=C\C/C=C\C/C=C\C/C=C\C/C=C\C/C=C\CC)COP(=O)(O)OCC[N+](C)(C)C. The van der Waals surface area contributed by atoms with Gasteiger partial charge >= 0.3 is 19.8 Å². The van der Waals surface area contributed by atoms with Crippen LogP contribution in [-0.2, 0) is 32.7 Å². The molecule has 0 spiro atoms. The Morgan fingerprint density at radius 3 is 0.755 bits per heavy atom. The second-order valence-corrected chi connectivity index (χ2v) is 29.5. The van der Waals surface area contributed by atoms with Crippen LogP contribution in [0, 0.1) is 0 Å². The summed E-state index contributed by atoms with van der Waals surface area (Å²) < 4.78 is 34.8. The van der Waals surface area contributed by atoms with Gasteiger partial charge in [0.1, 0.15) is 19.8 Å². The topological polar surface area (TPSA) is 108 Å². The molecule has 0 fully saturated rings. The third-order valence-corrected chi connectivity index (χ3v) is 17.9. The summed E-state index contributed by atoms with van der Waals surface area (Å²) in [4.78, 5) is 36.0. The summed E-state index contributed by atoms with van der Waals surface area (Å²) in [6.07, 6.45) is 134. The van der Waals surface area contributed by atoms with Crippen molar-refractivity contribution < 1.29 is 42.1 Å². The summed E-state index contributed by atoms with van der Waals surface area (Å²) in [7, 11) is 1.44. The third kappa shape index (κ3) is 86.7. The van der Waals surface area contributed by atoms with Crippen LogP contribution in [0.1, 0.15) is 296 Å². The van der Waals surface area contributed by atoms with E-state index in [9.17, 15) is 19.0 Å². The van der Waals surface area contributed by atoms with Crippen molar-refractivity contribution in [2.24, 2.45) is 0 Å². The number of allylic oxidation sites excluding steroid dienone is 40. The zero-order valence-corrected chi connectivity index (χ0v) is 68.7. The molecule has 0 aromatic carbocycles. The Labute approximate surface area is 651 Å². The fourth-order valence-electron chi connectivity index (χ4n) is 10.6. The van der Waals surface area contributed by atoms with Crippen LogP contribution in [0.5, 0.6) is 0 Å². The number of carbonyl (C=O) groups excluding carboxylic acids is 2. The Kier molecular flexibility index (Phi) is 78.0. The highest BCUT2D eigenvalue weighted by molar-refractivity contribution is 7.47. The molecule has 10 heteroatoms. The van der Waals surface area contributed by atoms with E-state index in [1.54, 1.807) is 0 Å². The predicted molar refractivity (Wildman–Crippen MR) is 463 cm³/mol. The van der Waals surface area contributed by atoms with Gasteiger partial charge < -0.3 is 18.9 Å². The van der Waals surface area contributed by atoms with Crippen molar-refractivity contribution >= 4 is 19.8 Å². The molecule has 0 saturated heterocycles. The van der Waals surface area contributed by atoms with Crippen LogP contribution in [-0.4, -0.2) is 74.9 Å². The number of ether oxygens (including phenoxy) is 2. The molecular weight excluding hydrogens is 1330 g/mol. The van der Waals surface area contributed by atoms with E-state index in [1.807, 2.05) is 21.1 Å². The van der Waals surface area contributed by atoms with Gasteiger partial charge in [-0.1, -0.05) is 360 Å². The molecule has 2 unspecified atom stereocenters. The van der Waals surface area contributed by atoms with E-state index in [2.05, 4.69) is 257 Å². The van der Waals surface area contributed by atoms with Gasteiger partial charge in [0.05, 0.1) is 27.7 Å². The maximum absolute atomic E-state index is 12.9. The van der Waals surface area contributed by atoms with Crippen LogP contribution in [0.3, 0.4) is 0 Å². The summed E-state index contributed by atoms with van der Waals surface area (Å²) in [5, 5.41) is 0. The Bertz CT molecular complexity index is 2700. The molecule has 0 aliphatic heterocycles. The number of rotatable bonds is 74. The first-order chi connectivity index (χ1) is 52.0. The number of unbranched alkanes of at least 4 members (excludes halogenated alkanes) is 20. The van der Waals surface area contributed by atoms with Crippen LogP contribution >= 0.6 is 7.82 Å². The first-order valence-electron chi connectivity index (χ1n) is 41.8. The van der Waals surface area contributed by atoms with Crippen molar-refractivity contribution in [1.29, 1.82) is 0 Å². The van der Waals surface area contributed by atoms with E-state index >= 15 is 0 Å². The average Bonchev–Trinajstić information content (AvgIpc) is 0.908. The third-order valence-electron chi connectivity index (χ3n) is 16.9. The molecule has 0 aromatic rings.